The molecule has 4 heteroatoms. The van der Waals surface area contributed by atoms with E-state index in [0.29, 0.717) is 6.04 Å². The molecule has 1 heterocycles. The fourth-order valence-electron chi connectivity index (χ4n) is 1.46. The minimum Gasteiger partial charge on any atom is -0.312 e. The van der Waals surface area contributed by atoms with Crippen LogP contribution in [-0.2, 0) is 0 Å². The number of hydrogen-bond acceptors (Lipinski definition) is 4. The lowest BCUT2D eigenvalue weighted by Crippen LogP contribution is -2.16. The summed E-state index contributed by atoms with van der Waals surface area (Å²) in [7, 11) is 2.00. The van der Waals surface area contributed by atoms with Gasteiger partial charge in [0.15, 0.2) is 0 Å². The summed E-state index contributed by atoms with van der Waals surface area (Å²) in [6.07, 6.45) is 2.40. The van der Waals surface area contributed by atoms with Crippen LogP contribution in [0.1, 0.15) is 43.3 Å². The molecule has 0 bridgehead atoms. The molecule has 0 saturated carbocycles. The van der Waals surface area contributed by atoms with Crippen molar-refractivity contribution in [2.45, 2.75) is 39.7 Å². The van der Waals surface area contributed by atoms with Crippen LogP contribution >= 0.6 is 11.5 Å². The number of nitrogens with zero attached hydrogens (tertiary/aromatic N) is 2. The molecule has 14 heavy (non-hydrogen) atoms. The monoisotopic (exact) mass is 213 g/mol. The molecular weight excluding hydrogens is 194 g/mol. The van der Waals surface area contributed by atoms with E-state index in [1.165, 1.54) is 29.3 Å². The topological polar surface area (TPSA) is 37.8 Å². The van der Waals surface area contributed by atoms with Crippen LogP contribution in [0.4, 0.5) is 0 Å². The molecule has 1 rings (SSSR count). The van der Waals surface area contributed by atoms with E-state index in [2.05, 4.69) is 28.8 Å². The summed E-state index contributed by atoms with van der Waals surface area (Å²) in [6.45, 7) is 6.54. The zero-order valence-electron chi connectivity index (χ0n) is 9.37. The summed E-state index contributed by atoms with van der Waals surface area (Å²) in [5, 5.41) is 7.37. The smallest absolute Gasteiger partial charge is 0.0772 e. The van der Waals surface area contributed by atoms with Gasteiger partial charge >= 0.3 is 0 Å². The van der Waals surface area contributed by atoms with Crippen LogP contribution in [0.25, 0.3) is 0 Å². The van der Waals surface area contributed by atoms with E-state index in [1.807, 2.05) is 14.0 Å². The Morgan fingerprint density at radius 1 is 1.36 bits per heavy atom. The van der Waals surface area contributed by atoms with E-state index in [1.54, 1.807) is 0 Å². The van der Waals surface area contributed by atoms with Gasteiger partial charge in [-0.25, -0.2) is 0 Å². The number of nitrogens with one attached hydrogen (secondary N) is 1. The molecule has 0 aliphatic heterocycles. The third kappa shape index (κ3) is 3.03. The molecule has 1 unspecified atom stereocenters. The normalized spacial score (nSPS) is 13.5. The van der Waals surface area contributed by atoms with Gasteiger partial charge in [-0.3, -0.25) is 0 Å². The standard InChI is InChI=1S/C10H19N3S/c1-7(2)5-6-9(11-4)10-8(3)12-13-14-10/h7,9,11H,5-6H2,1-4H3. The summed E-state index contributed by atoms with van der Waals surface area (Å²) in [4.78, 5) is 1.29. The Kier molecular flexibility index (Phi) is 4.48. The summed E-state index contributed by atoms with van der Waals surface area (Å²) in [5.41, 5.74) is 1.07. The molecule has 0 amide bonds. The summed E-state index contributed by atoms with van der Waals surface area (Å²) < 4.78 is 3.97. The van der Waals surface area contributed by atoms with Crippen LogP contribution in [0.2, 0.25) is 0 Å². The average molecular weight is 213 g/mol. The van der Waals surface area contributed by atoms with E-state index in [0.717, 1.165) is 11.6 Å². The molecule has 0 aromatic carbocycles. The molecule has 0 saturated heterocycles. The number of aryl methyl sites for hydroxylation is 1. The third-order valence-electron chi connectivity index (χ3n) is 2.38. The highest BCUT2D eigenvalue weighted by atomic mass is 32.1. The highest BCUT2D eigenvalue weighted by Gasteiger charge is 2.15. The van der Waals surface area contributed by atoms with Crippen molar-refractivity contribution in [3.05, 3.63) is 10.6 Å². The molecule has 80 valence electrons. The van der Waals surface area contributed by atoms with Crippen LogP contribution in [-0.4, -0.2) is 16.6 Å². The average Bonchev–Trinajstić information content (AvgIpc) is 2.53. The fourth-order valence-corrected chi connectivity index (χ4v) is 2.25. The molecule has 3 nitrogen and oxygen atoms in total. The van der Waals surface area contributed by atoms with Gasteiger partial charge in [-0.2, -0.15) is 0 Å². The van der Waals surface area contributed by atoms with Crippen molar-refractivity contribution in [3.63, 3.8) is 0 Å². The van der Waals surface area contributed by atoms with Crippen molar-refractivity contribution >= 4 is 11.5 Å². The van der Waals surface area contributed by atoms with Crippen molar-refractivity contribution in [2.75, 3.05) is 7.05 Å². The predicted molar refractivity (Wildman–Crippen MR) is 60.5 cm³/mol. The Morgan fingerprint density at radius 2 is 2.07 bits per heavy atom. The molecule has 1 aromatic heterocycles. The molecule has 0 fully saturated rings. The van der Waals surface area contributed by atoms with Crippen LogP contribution < -0.4 is 5.32 Å². The van der Waals surface area contributed by atoms with Gasteiger partial charge in [-0.05, 0) is 44.3 Å². The second-order valence-electron chi connectivity index (χ2n) is 4.04. The maximum absolute atomic E-state index is 4.04. The van der Waals surface area contributed by atoms with Crippen LogP contribution in [0, 0.1) is 12.8 Å². The van der Waals surface area contributed by atoms with Gasteiger partial charge in [0, 0.05) is 6.04 Å². The van der Waals surface area contributed by atoms with Crippen molar-refractivity contribution < 1.29 is 0 Å². The second-order valence-corrected chi connectivity index (χ2v) is 4.82. The zero-order valence-corrected chi connectivity index (χ0v) is 10.2. The molecule has 0 radical (unpaired) electrons. The van der Waals surface area contributed by atoms with Crippen molar-refractivity contribution in [2.24, 2.45) is 5.92 Å². The summed E-state index contributed by atoms with van der Waals surface area (Å²) >= 11 is 1.51. The Labute approximate surface area is 90.1 Å². The number of rotatable bonds is 5. The Hall–Kier alpha value is -0.480. The first kappa shape index (κ1) is 11.6. The number of aromatic nitrogens is 2. The van der Waals surface area contributed by atoms with Gasteiger partial charge in [0.1, 0.15) is 0 Å². The lowest BCUT2D eigenvalue weighted by atomic mass is 10.0. The number of hydrogen-bond donors (Lipinski definition) is 1. The summed E-state index contributed by atoms with van der Waals surface area (Å²) in [6, 6.07) is 0.428. The van der Waals surface area contributed by atoms with Gasteiger partial charge in [-0.1, -0.05) is 18.3 Å². The first-order valence-electron chi connectivity index (χ1n) is 5.11. The maximum Gasteiger partial charge on any atom is 0.0772 e. The highest BCUT2D eigenvalue weighted by Crippen LogP contribution is 2.24. The third-order valence-corrected chi connectivity index (χ3v) is 3.32. The van der Waals surface area contributed by atoms with Crippen LogP contribution in [0.15, 0.2) is 0 Å². The van der Waals surface area contributed by atoms with E-state index in [9.17, 15) is 0 Å². The van der Waals surface area contributed by atoms with E-state index < -0.39 is 0 Å². The maximum atomic E-state index is 4.04. The van der Waals surface area contributed by atoms with E-state index in [-0.39, 0.29) is 0 Å². The van der Waals surface area contributed by atoms with Crippen molar-refractivity contribution in [1.29, 1.82) is 0 Å². The lowest BCUT2D eigenvalue weighted by Gasteiger charge is -2.15. The molecule has 1 atom stereocenters. The first-order valence-corrected chi connectivity index (χ1v) is 5.88. The molecule has 1 N–H and O–H groups in total. The molecule has 1 aromatic rings. The SMILES string of the molecule is CNC(CCC(C)C)c1snnc1C. The van der Waals surface area contributed by atoms with Gasteiger partial charge in [0.2, 0.25) is 0 Å². The van der Waals surface area contributed by atoms with E-state index in [4.69, 9.17) is 0 Å². The van der Waals surface area contributed by atoms with Gasteiger partial charge in [0.25, 0.3) is 0 Å². The van der Waals surface area contributed by atoms with Crippen LogP contribution in [0.3, 0.4) is 0 Å². The Morgan fingerprint density at radius 3 is 2.50 bits per heavy atom. The molecule has 0 aliphatic carbocycles. The van der Waals surface area contributed by atoms with Crippen molar-refractivity contribution in [3.8, 4) is 0 Å². The predicted octanol–water partition coefficient (Wildman–Crippen LogP) is 2.54. The lowest BCUT2D eigenvalue weighted by molar-refractivity contribution is 0.468. The van der Waals surface area contributed by atoms with Gasteiger partial charge in [-0.15, -0.1) is 5.10 Å². The minimum atomic E-state index is 0.428. The fraction of sp³-hybridized carbons (Fsp3) is 0.800. The van der Waals surface area contributed by atoms with Crippen LogP contribution in [0.5, 0.6) is 0 Å². The first-order chi connectivity index (χ1) is 6.65. The molecule has 0 spiro atoms. The summed E-state index contributed by atoms with van der Waals surface area (Å²) in [5.74, 6) is 0.757. The van der Waals surface area contributed by atoms with Crippen molar-refractivity contribution in [1.82, 2.24) is 14.9 Å². The largest absolute Gasteiger partial charge is 0.312 e. The molecule has 0 aliphatic rings. The Bertz CT molecular complexity index is 270. The molecular formula is C10H19N3S. The Balaban J connectivity index is 2.58. The quantitative estimate of drug-likeness (QED) is 0.817. The van der Waals surface area contributed by atoms with Gasteiger partial charge < -0.3 is 5.32 Å². The van der Waals surface area contributed by atoms with Gasteiger partial charge in [0.05, 0.1) is 10.6 Å². The minimum absolute atomic E-state index is 0.428. The highest BCUT2D eigenvalue weighted by molar-refractivity contribution is 7.05. The zero-order chi connectivity index (χ0) is 10.6. The van der Waals surface area contributed by atoms with E-state index >= 15 is 0 Å². The second kappa shape index (κ2) is 5.41.